The molecule has 0 radical (unpaired) electrons. The van der Waals surface area contributed by atoms with Gasteiger partial charge in [-0.3, -0.25) is 0 Å². The van der Waals surface area contributed by atoms with Gasteiger partial charge >= 0.3 is 0 Å². The van der Waals surface area contributed by atoms with Crippen LogP contribution in [0.3, 0.4) is 0 Å². The minimum Gasteiger partial charge on any atom is -0.491 e. The molecular weight excluding hydrogens is 184 g/mol. The van der Waals surface area contributed by atoms with E-state index in [4.69, 9.17) is 4.74 Å². The van der Waals surface area contributed by atoms with Gasteiger partial charge in [-0.25, -0.2) is 0 Å². The Morgan fingerprint density at radius 3 is 2.33 bits per heavy atom. The summed E-state index contributed by atoms with van der Waals surface area (Å²) in [5.74, 6) is 0.946. The fraction of sp³-hybridized carbons (Fsp3) is 0.286. The molecule has 2 aromatic rings. The van der Waals surface area contributed by atoms with Crippen LogP contribution in [0.4, 0.5) is 0 Å². The summed E-state index contributed by atoms with van der Waals surface area (Å²) in [5.41, 5.74) is 1.29. The highest BCUT2D eigenvalue weighted by Gasteiger charge is 1.99. The number of fused-ring (bicyclic) bond motifs is 1. The Morgan fingerprint density at radius 1 is 0.933 bits per heavy atom. The third-order valence-corrected chi connectivity index (χ3v) is 2.34. The fourth-order valence-corrected chi connectivity index (χ4v) is 1.69. The maximum absolute atomic E-state index is 5.65. The van der Waals surface area contributed by atoms with E-state index in [-0.39, 0.29) is 6.10 Å². The molecule has 0 unspecified atom stereocenters. The molecule has 0 fully saturated rings. The zero-order valence-corrected chi connectivity index (χ0v) is 9.45. The number of hydrogen-bond donors (Lipinski definition) is 0. The first-order valence-corrected chi connectivity index (χ1v) is 5.32. The summed E-state index contributed by atoms with van der Waals surface area (Å²) in [6.45, 7) is 6.19. The van der Waals surface area contributed by atoms with Gasteiger partial charge in [0.15, 0.2) is 0 Å². The summed E-state index contributed by atoms with van der Waals surface area (Å²) in [7, 11) is 0. The lowest BCUT2D eigenvalue weighted by molar-refractivity contribution is 0.243. The van der Waals surface area contributed by atoms with Gasteiger partial charge in [-0.15, -0.1) is 0 Å². The lowest BCUT2D eigenvalue weighted by Gasteiger charge is -2.10. The van der Waals surface area contributed by atoms with E-state index in [0.29, 0.717) is 0 Å². The fourth-order valence-electron chi connectivity index (χ4n) is 1.69. The molecule has 0 atom stereocenters. The molecule has 0 spiro atoms. The summed E-state index contributed by atoms with van der Waals surface area (Å²) >= 11 is 0. The molecule has 0 saturated carbocycles. The van der Waals surface area contributed by atoms with E-state index in [1.807, 2.05) is 19.9 Å². The van der Waals surface area contributed by atoms with Gasteiger partial charge in [0.25, 0.3) is 0 Å². The van der Waals surface area contributed by atoms with Crippen molar-refractivity contribution in [1.82, 2.24) is 0 Å². The van der Waals surface area contributed by atoms with Crippen molar-refractivity contribution in [2.75, 3.05) is 0 Å². The van der Waals surface area contributed by atoms with E-state index < -0.39 is 0 Å². The Morgan fingerprint density at radius 2 is 1.60 bits per heavy atom. The zero-order chi connectivity index (χ0) is 10.8. The van der Waals surface area contributed by atoms with Crippen molar-refractivity contribution in [3.05, 3.63) is 42.0 Å². The van der Waals surface area contributed by atoms with Crippen LogP contribution in [0.15, 0.2) is 36.4 Å². The highest BCUT2D eigenvalue weighted by atomic mass is 16.5. The molecular formula is C14H16O. The largest absolute Gasteiger partial charge is 0.491 e. The van der Waals surface area contributed by atoms with Gasteiger partial charge in [0.05, 0.1) is 6.10 Å². The lowest BCUT2D eigenvalue weighted by Crippen LogP contribution is -2.05. The second kappa shape index (κ2) is 3.93. The molecule has 0 aliphatic heterocycles. The first-order chi connectivity index (χ1) is 7.15. The first-order valence-electron chi connectivity index (χ1n) is 5.32. The zero-order valence-electron chi connectivity index (χ0n) is 9.45. The molecule has 0 bridgehead atoms. The molecule has 0 amide bonds. The van der Waals surface area contributed by atoms with Crippen molar-refractivity contribution in [1.29, 1.82) is 0 Å². The molecule has 0 aliphatic carbocycles. The normalized spacial score (nSPS) is 10.9. The van der Waals surface area contributed by atoms with Crippen molar-refractivity contribution >= 4 is 10.8 Å². The summed E-state index contributed by atoms with van der Waals surface area (Å²) in [4.78, 5) is 0. The number of hydrogen-bond acceptors (Lipinski definition) is 1. The average Bonchev–Trinajstić information content (AvgIpc) is 2.17. The van der Waals surface area contributed by atoms with E-state index >= 15 is 0 Å². The topological polar surface area (TPSA) is 9.23 Å². The second-order valence-electron chi connectivity index (χ2n) is 4.18. The minimum atomic E-state index is 0.230. The number of benzene rings is 2. The van der Waals surface area contributed by atoms with Gasteiger partial charge in [0.1, 0.15) is 5.75 Å². The van der Waals surface area contributed by atoms with Gasteiger partial charge in [0, 0.05) is 0 Å². The van der Waals surface area contributed by atoms with Crippen LogP contribution >= 0.6 is 0 Å². The first kappa shape index (κ1) is 10.0. The van der Waals surface area contributed by atoms with Crippen molar-refractivity contribution < 1.29 is 4.74 Å². The lowest BCUT2D eigenvalue weighted by atomic mass is 10.1. The minimum absolute atomic E-state index is 0.230. The average molecular weight is 200 g/mol. The summed E-state index contributed by atoms with van der Waals surface area (Å²) in [6.07, 6.45) is 0.230. The highest BCUT2D eigenvalue weighted by molar-refractivity contribution is 5.84. The van der Waals surface area contributed by atoms with Crippen molar-refractivity contribution in [3.8, 4) is 5.75 Å². The van der Waals surface area contributed by atoms with Gasteiger partial charge < -0.3 is 4.74 Å². The van der Waals surface area contributed by atoms with Gasteiger partial charge in [0.2, 0.25) is 0 Å². The third kappa shape index (κ3) is 2.30. The third-order valence-electron chi connectivity index (χ3n) is 2.34. The van der Waals surface area contributed by atoms with E-state index in [2.05, 4.69) is 37.3 Å². The molecule has 0 heterocycles. The molecule has 15 heavy (non-hydrogen) atoms. The molecule has 0 saturated heterocycles. The van der Waals surface area contributed by atoms with E-state index in [9.17, 15) is 0 Å². The van der Waals surface area contributed by atoms with Crippen molar-refractivity contribution in [3.63, 3.8) is 0 Å². The highest BCUT2D eigenvalue weighted by Crippen LogP contribution is 2.22. The molecule has 0 aromatic heterocycles. The van der Waals surface area contributed by atoms with Crippen molar-refractivity contribution in [2.45, 2.75) is 26.9 Å². The quantitative estimate of drug-likeness (QED) is 0.713. The van der Waals surface area contributed by atoms with Crippen molar-refractivity contribution in [2.24, 2.45) is 0 Å². The maximum Gasteiger partial charge on any atom is 0.120 e. The Hall–Kier alpha value is -1.50. The van der Waals surface area contributed by atoms with E-state index in [0.717, 1.165) is 5.75 Å². The molecule has 78 valence electrons. The Labute approximate surface area is 90.7 Å². The Bertz CT molecular complexity index is 472. The standard InChI is InChI=1S/C14H16O/c1-10(2)15-14-7-6-12-8-11(3)4-5-13(12)9-14/h4-10H,1-3H3. The van der Waals surface area contributed by atoms with Crippen LogP contribution in [-0.4, -0.2) is 6.10 Å². The summed E-state index contributed by atoms with van der Waals surface area (Å²) in [5, 5.41) is 2.50. The van der Waals surface area contributed by atoms with Crippen LogP contribution < -0.4 is 4.74 Å². The molecule has 1 heteroatoms. The molecule has 1 nitrogen and oxygen atoms in total. The van der Waals surface area contributed by atoms with Crippen LogP contribution in [0.2, 0.25) is 0 Å². The van der Waals surface area contributed by atoms with Crippen LogP contribution in [0.25, 0.3) is 10.8 Å². The molecule has 0 aliphatic rings. The Kier molecular flexibility index (Phi) is 2.63. The molecule has 0 N–H and O–H groups in total. The molecule has 2 rings (SSSR count). The number of ether oxygens (including phenoxy) is 1. The van der Waals surface area contributed by atoms with Gasteiger partial charge in [-0.1, -0.05) is 29.8 Å². The van der Waals surface area contributed by atoms with Crippen LogP contribution in [0.5, 0.6) is 5.75 Å². The smallest absolute Gasteiger partial charge is 0.120 e. The van der Waals surface area contributed by atoms with E-state index in [1.54, 1.807) is 0 Å². The Balaban J connectivity index is 2.43. The SMILES string of the molecule is Cc1ccc2cc(OC(C)C)ccc2c1. The monoisotopic (exact) mass is 200 g/mol. The predicted octanol–water partition coefficient (Wildman–Crippen LogP) is 3.94. The summed E-state index contributed by atoms with van der Waals surface area (Å²) < 4.78 is 5.65. The second-order valence-corrected chi connectivity index (χ2v) is 4.18. The van der Waals surface area contributed by atoms with Gasteiger partial charge in [-0.05, 0) is 43.7 Å². The number of rotatable bonds is 2. The summed E-state index contributed by atoms with van der Waals surface area (Å²) in [6, 6.07) is 12.7. The predicted molar refractivity (Wildman–Crippen MR) is 64.4 cm³/mol. The maximum atomic E-state index is 5.65. The van der Waals surface area contributed by atoms with Crippen LogP contribution in [0, 0.1) is 6.92 Å². The van der Waals surface area contributed by atoms with E-state index in [1.165, 1.54) is 16.3 Å². The van der Waals surface area contributed by atoms with Crippen LogP contribution in [0.1, 0.15) is 19.4 Å². The van der Waals surface area contributed by atoms with Gasteiger partial charge in [-0.2, -0.15) is 0 Å². The van der Waals surface area contributed by atoms with Crippen LogP contribution in [-0.2, 0) is 0 Å². The number of aryl methyl sites for hydroxylation is 1. The molecule has 2 aromatic carbocycles.